The molecule has 0 N–H and O–H groups in total. The summed E-state index contributed by atoms with van der Waals surface area (Å²) in [6.45, 7) is 1.41. The second kappa shape index (κ2) is 6.67. The van der Waals surface area contributed by atoms with Gasteiger partial charge in [0.25, 0.3) is 0 Å². The van der Waals surface area contributed by atoms with Gasteiger partial charge in [0.15, 0.2) is 0 Å². The Bertz CT molecular complexity index is 1070. The molecule has 26 heavy (non-hydrogen) atoms. The average molecular weight is 358 g/mol. The van der Waals surface area contributed by atoms with E-state index in [0.717, 1.165) is 23.1 Å². The van der Waals surface area contributed by atoms with Gasteiger partial charge >= 0.3 is 0 Å². The van der Waals surface area contributed by atoms with Crippen LogP contribution in [0.5, 0.6) is 5.75 Å². The highest BCUT2D eigenvalue weighted by Crippen LogP contribution is 2.38. The zero-order chi connectivity index (χ0) is 17.3. The van der Waals surface area contributed by atoms with Gasteiger partial charge in [-0.15, -0.1) is 0 Å². The standard InChI is InChI=1S/C23H18O2S/c1-2-7-19(8-3-1)26-20-11-10-17-12-16-6-4-5-9-21(16)23(22(17)13-20)25-15-18-14-24-18/h1-13,18H,14-15H2. The Kier molecular flexibility index (Phi) is 4.04. The summed E-state index contributed by atoms with van der Waals surface area (Å²) in [5, 5.41) is 4.72. The van der Waals surface area contributed by atoms with Crippen LogP contribution in [-0.4, -0.2) is 19.3 Å². The van der Waals surface area contributed by atoms with Gasteiger partial charge in [0.2, 0.25) is 0 Å². The average Bonchev–Trinajstić information content (AvgIpc) is 3.51. The highest BCUT2D eigenvalue weighted by atomic mass is 32.2. The molecule has 1 aliphatic heterocycles. The topological polar surface area (TPSA) is 21.8 Å². The smallest absolute Gasteiger partial charge is 0.135 e. The molecular formula is C23H18O2S. The van der Waals surface area contributed by atoms with Crippen LogP contribution in [-0.2, 0) is 4.74 Å². The van der Waals surface area contributed by atoms with E-state index < -0.39 is 0 Å². The van der Waals surface area contributed by atoms with Crippen molar-refractivity contribution in [2.45, 2.75) is 15.9 Å². The normalized spacial score (nSPS) is 16.1. The largest absolute Gasteiger partial charge is 0.489 e. The van der Waals surface area contributed by atoms with Gasteiger partial charge in [0.1, 0.15) is 18.5 Å². The molecule has 1 saturated heterocycles. The zero-order valence-electron chi connectivity index (χ0n) is 14.2. The van der Waals surface area contributed by atoms with Crippen LogP contribution in [0.15, 0.2) is 88.7 Å². The lowest BCUT2D eigenvalue weighted by atomic mass is 10.0. The van der Waals surface area contributed by atoms with Crippen molar-refractivity contribution in [3.05, 3.63) is 78.9 Å². The highest BCUT2D eigenvalue weighted by molar-refractivity contribution is 7.99. The van der Waals surface area contributed by atoms with Crippen molar-refractivity contribution < 1.29 is 9.47 Å². The van der Waals surface area contributed by atoms with Gasteiger partial charge in [-0.05, 0) is 41.1 Å². The van der Waals surface area contributed by atoms with Crippen LogP contribution in [0.3, 0.4) is 0 Å². The second-order valence-corrected chi connectivity index (χ2v) is 7.64. The third-order valence-corrected chi connectivity index (χ3v) is 5.58. The number of epoxide rings is 1. The van der Waals surface area contributed by atoms with E-state index in [9.17, 15) is 0 Å². The van der Waals surface area contributed by atoms with Gasteiger partial charge in [-0.3, -0.25) is 0 Å². The SMILES string of the molecule is c1ccc(Sc2ccc3cc4ccccc4c(OCC4CO4)c3c2)cc1. The number of hydrogen-bond acceptors (Lipinski definition) is 3. The van der Waals surface area contributed by atoms with Crippen LogP contribution in [0.1, 0.15) is 0 Å². The molecule has 1 unspecified atom stereocenters. The molecule has 0 radical (unpaired) electrons. The van der Waals surface area contributed by atoms with Crippen molar-refractivity contribution in [3.63, 3.8) is 0 Å². The van der Waals surface area contributed by atoms with E-state index in [1.165, 1.54) is 20.6 Å². The number of ether oxygens (including phenoxy) is 2. The predicted octanol–water partition coefficient (Wildman–Crippen LogP) is 5.92. The molecule has 0 bridgehead atoms. The van der Waals surface area contributed by atoms with Crippen LogP contribution in [0.2, 0.25) is 0 Å². The van der Waals surface area contributed by atoms with Crippen LogP contribution in [0.25, 0.3) is 21.5 Å². The molecule has 0 saturated carbocycles. The van der Waals surface area contributed by atoms with E-state index in [0.29, 0.717) is 6.61 Å². The first-order valence-electron chi connectivity index (χ1n) is 8.80. The minimum atomic E-state index is 0.242. The Morgan fingerprint density at radius 3 is 2.42 bits per heavy atom. The molecular weight excluding hydrogens is 340 g/mol. The van der Waals surface area contributed by atoms with Gasteiger partial charge in [0.05, 0.1) is 6.61 Å². The molecule has 0 aliphatic carbocycles. The summed E-state index contributed by atoms with van der Waals surface area (Å²) in [4.78, 5) is 2.45. The molecule has 4 aromatic carbocycles. The van der Waals surface area contributed by atoms with Crippen LogP contribution < -0.4 is 4.74 Å². The summed E-state index contributed by atoms with van der Waals surface area (Å²) in [7, 11) is 0. The number of fused-ring (bicyclic) bond motifs is 2. The fourth-order valence-corrected chi connectivity index (χ4v) is 4.06. The van der Waals surface area contributed by atoms with Gasteiger partial charge in [-0.2, -0.15) is 0 Å². The molecule has 1 heterocycles. The molecule has 3 heteroatoms. The lowest BCUT2D eigenvalue weighted by Gasteiger charge is -2.13. The van der Waals surface area contributed by atoms with Crippen molar-refractivity contribution in [1.82, 2.24) is 0 Å². The van der Waals surface area contributed by atoms with Crippen molar-refractivity contribution in [1.29, 1.82) is 0 Å². The fourth-order valence-electron chi connectivity index (χ4n) is 3.18. The van der Waals surface area contributed by atoms with E-state index in [1.807, 2.05) is 6.07 Å². The molecule has 1 fully saturated rings. The molecule has 4 aromatic rings. The summed E-state index contributed by atoms with van der Waals surface area (Å²) >= 11 is 1.77. The summed E-state index contributed by atoms with van der Waals surface area (Å²) in [5.41, 5.74) is 0. The minimum Gasteiger partial charge on any atom is -0.489 e. The number of hydrogen-bond donors (Lipinski definition) is 0. The van der Waals surface area contributed by atoms with Gasteiger partial charge in [-0.1, -0.05) is 60.3 Å². The fraction of sp³-hybridized carbons (Fsp3) is 0.130. The van der Waals surface area contributed by atoms with Gasteiger partial charge < -0.3 is 9.47 Å². The Morgan fingerprint density at radius 2 is 1.58 bits per heavy atom. The van der Waals surface area contributed by atoms with E-state index in [1.54, 1.807) is 11.8 Å². The molecule has 0 spiro atoms. The van der Waals surface area contributed by atoms with Crippen LogP contribution in [0.4, 0.5) is 0 Å². The first kappa shape index (κ1) is 15.7. The maximum absolute atomic E-state index is 6.23. The lowest BCUT2D eigenvalue weighted by Crippen LogP contribution is -2.04. The number of benzene rings is 4. The Morgan fingerprint density at radius 1 is 0.808 bits per heavy atom. The van der Waals surface area contributed by atoms with Crippen LogP contribution in [0, 0.1) is 0 Å². The first-order chi connectivity index (χ1) is 12.9. The Hall–Kier alpha value is -2.49. The molecule has 5 rings (SSSR count). The Balaban J connectivity index is 1.62. The predicted molar refractivity (Wildman–Crippen MR) is 107 cm³/mol. The minimum absolute atomic E-state index is 0.242. The van der Waals surface area contributed by atoms with E-state index in [4.69, 9.17) is 9.47 Å². The summed E-state index contributed by atoms with van der Waals surface area (Å²) in [6.07, 6.45) is 0.242. The monoisotopic (exact) mass is 358 g/mol. The quantitative estimate of drug-likeness (QED) is 0.326. The maximum atomic E-state index is 6.23. The molecule has 0 amide bonds. The third kappa shape index (κ3) is 3.16. The van der Waals surface area contributed by atoms with Crippen molar-refractivity contribution in [2.75, 3.05) is 13.2 Å². The van der Waals surface area contributed by atoms with Crippen molar-refractivity contribution >= 4 is 33.3 Å². The molecule has 128 valence electrons. The zero-order valence-corrected chi connectivity index (χ0v) is 15.0. The molecule has 2 nitrogen and oxygen atoms in total. The van der Waals surface area contributed by atoms with Crippen molar-refractivity contribution in [3.8, 4) is 5.75 Å². The summed E-state index contributed by atoms with van der Waals surface area (Å²) in [5.74, 6) is 0.962. The highest BCUT2D eigenvalue weighted by Gasteiger charge is 2.24. The summed E-state index contributed by atoms with van der Waals surface area (Å²) in [6, 6.07) is 27.7. The third-order valence-electron chi connectivity index (χ3n) is 4.58. The van der Waals surface area contributed by atoms with E-state index in [-0.39, 0.29) is 6.10 Å². The van der Waals surface area contributed by atoms with Gasteiger partial charge in [0, 0.05) is 20.6 Å². The van der Waals surface area contributed by atoms with E-state index in [2.05, 4.69) is 72.8 Å². The molecule has 1 aliphatic rings. The van der Waals surface area contributed by atoms with Crippen molar-refractivity contribution in [2.24, 2.45) is 0 Å². The molecule has 0 aromatic heterocycles. The lowest BCUT2D eigenvalue weighted by molar-refractivity contribution is 0.267. The van der Waals surface area contributed by atoms with E-state index >= 15 is 0 Å². The second-order valence-electron chi connectivity index (χ2n) is 6.49. The first-order valence-corrected chi connectivity index (χ1v) is 9.61. The number of rotatable bonds is 5. The Labute approximate surface area is 156 Å². The maximum Gasteiger partial charge on any atom is 0.135 e. The van der Waals surface area contributed by atoms with Gasteiger partial charge in [-0.25, -0.2) is 0 Å². The van der Waals surface area contributed by atoms with Crippen LogP contribution >= 0.6 is 11.8 Å². The summed E-state index contributed by atoms with van der Waals surface area (Å²) < 4.78 is 11.6. The molecule has 1 atom stereocenters.